The highest BCUT2D eigenvalue weighted by molar-refractivity contribution is 7.99. The highest BCUT2D eigenvalue weighted by Gasteiger charge is 2.16. The SMILES string of the molecule is CCc1ccc(SCC/C(=N\OC(C)=O)C(=O)c2ccc(Sc3ccc(C(=O)c4ccccc4)cc3)cc2)cc1. The number of aryl methyl sites for hydroxylation is 1. The van der Waals surface area contributed by atoms with Crippen LogP contribution in [0.25, 0.3) is 0 Å². The van der Waals surface area contributed by atoms with Gasteiger partial charge in [-0.15, -0.1) is 11.8 Å². The smallest absolute Gasteiger partial charge is 0.318 e. The van der Waals surface area contributed by atoms with Gasteiger partial charge in [-0.25, -0.2) is 4.79 Å². The molecule has 4 aromatic carbocycles. The van der Waals surface area contributed by atoms with Crippen molar-refractivity contribution in [1.82, 2.24) is 0 Å². The molecule has 0 fully saturated rings. The Labute approximate surface area is 243 Å². The zero-order valence-electron chi connectivity index (χ0n) is 22.3. The van der Waals surface area contributed by atoms with Crippen molar-refractivity contribution >= 4 is 46.8 Å². The molecule has 202 valence electrons. The summed E-state index contributed by atoms with van der Waals surface area (Å²) in [7, 11) is 0. The minimum atomic E-state index is -0.573. The molecule has 0 N–H and O–H groups in total. The van der Waals surface area contributed by atoms with Crippen molar-refractivity contribution in [2.45, 2.75) is 41.4 Å². The number of benzene rings is 4. The van der Waals surface area contributed by atoms with Crippen LogP contribution in [0.15, 0.2) is 123 Å². The largest absolute Gasteiger partial charge is 0.331 e. The second-order valence-electron chi connectivity index (χ2n) is 8.89. The van der Waals surface area contributed by atoms with Gasteiger partial charge in [0.15, 0.2) is 5.78 Å². The van der Waals surface area contributed by atoms with E-state index in [1.165, 1.54) is 24.2 Å². The summed E-state index contributed by atoms with van der Waals surface area (Å²) >= 11 is 3.16. The molecule has 0 unspecified atom stereocenters. The van der Waals surface area contributed by atoms with Gasteiger partial charge in [0, 0.05) is 50.5 Å². The Morgan fingerprint density at radius 3 is 1.82 bits per heavy atom. The van der Waals surface area contributed by atoms with Gasteiger partial charge < -0.3 is 4.84 Å². The summed E-state index contributed by atoms with van der Waals surface area (Å²) in [6, 6.07) is 32.2. The number of carbonyl (C=O) groups excluding carboxylic acids is 3. The first-order valence-electron chi connectivity index (χ1n) is 12.9. The monoisotopic (exact) mass is 567 g/mol. The predicted octanol–water partition coefficient (Wildman–Crippen LogP) is 7.92. The lowest BCUT2D eigenvalue weighted by Gasteiger charge is -2.08. The van der Waals surface area contributed by atoms with E-state index in [2.05, 4.69) is 36.3 Å². The van der Waals surface area contributed by atoms with Crippen LogP contribution in [0, 0.1) is 0 Å². The molecule has 0 saturated carbocycles. The van der Waals surface area contributed by atoms with Crippen LogP contribution in [-0.4, -0.2) is 29.0 Å². The second-order valence-corrected chi connectivity index (χ2v) is 11.2. The summed E-state index contributed by atoms with van der Waals surface area (Å²) in [6.07, 6.45) is 1.34. The highest BCUT2D eigenvalue weighted by Crippen LogP contribution is 2.29. The Balaban J connectivity index is 1.38. The highest BCUT2D eigenvalue weighted by atomic mass is 32.2. The molecule has 0 saturated heterocycles. The van der Waals surface area contributed by atoms with Crippen molar-refractivity contribution in [3.63, 3.8) is 0 Å². The Morgan fingerprint density at radius 1 is 0.700 bits per heavy atom. The lowest BCUT2D eigenvalue weighted by molar-refractivity contribution is -0.140. The average molecular weight is 568 g/mol. The van der Waals surface area contributed by atoms with Crippen molar-refractivity contribution in [1.29, 1.82) is 0 Å². The molecule has 0 aliphatic rings. The lowest BCUT2D eigenvalue weighted by atomic mass is 10.0. The number of nitrogens with zero attached hydrogens (tertiary/aromatic N) is 1. The average Bonchev–Trinajstić information content (AvgIpc) is 2.99. The lowest BCUT2D eigenvalue weighted by Crippen LogP contribution is -2.16. The molecule has 0 amide bonds. The molecular formula is C33H29NO4S2. The molecule has 40 heavy (non-hydrogen) atoms. The summed E-state index contributed by atoms with van der Waals surface area (Å²) in [5, 5.41) is 3.86. The van der Waals surface area contributed by atoms with Gasteiger partial charge in [0.25, 0.3) is 0 Å². The van der Waals surface area contributed by atoms with Crippen LogP contribution in [0.5, 0.6) is 0 Å². The van der Waals surface area contributed by atoms with E-state index in [1.54, 1.807) is 36.0 Å². The maximum atomic E-state index is 13.2. The van der Waals surface area contributed by atoms with Crippen molar-refractivity contribution in [2.75, 3.05) is 5.75 Å². The van der Waals surface area contributed by atoms with Gasteiger partial charge in [-0.3, -0.25) is 9.59 Å². The topological polar surface area (TPSA) is 72.8 Å². The number of carbonyl (C=O) groups is 3. The van der Waals surface area contributed by atoms with E-state index in [9.17, 15) is 14.4 Å². The van der Waals surface area contributed by atoms with Crippen molar-refractivity contribution in [3.8, 4) is 0 Å². The maximum absolute atomic E-state index is 13.2. The fraction of sp³-hybridized carbons (Fsp3) is 0.152. The van der Waals surface area contributed by atoms with Crippen LogP contribution in [0.2, 0.25) is 0 Å². The molecule has 0 aliphatic carbocycles. The fourth-order valence-electron chi connectivity index (χ4n) is 3.81. The molecule has 0 aromatic heterocycles. The van der Waals surface area contributed by atoms with E-state index in [4.69, 9.17) is 4.84 Å². The maximum Gasteiger partial charge on any atom is 0.331 e. The number of Topliss-reactive ketones (excluding diaryl/α,β-unsaturated/α-hetero) is 1. The van der Waals surface area contributed by atoms with Crippen LogP contribution in [0.1, 0.15) is 52.1 Å². The summed E-state index contributed by atoms with van der Waals surface area (Å²) in [5.41, 5.74) is 3.23. The number of hydrogen-bond donors (Lipinski definition) is 0. The standard InChI is InChI=1S/C33H29NO4S2/c1-3-24-9-15-28(16-10-24)39-22-21-31(34-38-23(2)35)33(37)27-13-19-30(20-14-27)40-29-17-11-26(12-18-29)32(36)25-7-5-4-6-8-25/h4-20H,3,21-22H2,1-2H3/b34-31+. The molecule has 4 aromatic rings. The molecular weight excluding hydrogens is 539 g/mol. The van der Waals surface area contributed by atoms with Gasteiger partial charge in [-0.1, -0.05) is 66.3 Å². The summed E-state index contributed by atoms with van der Waals surface area (Å²) < 4.78 is 0. The van der Waals surface area contributed by atoms with E-state index >= 15 is 0 Å². The molecule has 0 bridgehead atoms. The van der Waals surface area contributed by atoms with E-state index in [0.717, 1.165) is 21.1 Å². The third kappa shape index (κ3) is 8.28. The summed E-state index contributed by atoms with van der Waals surface area (Å²) in [4.78, 5) is 45.0. The van der Waals surface area contributed by atoms with Gasteiger partial charge >= 0.3 is 5.97 Å². The number of rotatable bonds is 12. The number of oxime groups is 1. The zero-order valence-corrected chi connectivity index (χ0v) is 24.0. The fourth-order valence-corrected chi connectivity index (χ4v) is 5.49. The van der Waals surface area contributed by atoms with Crippen LogP contribution >= 0.6 is 23.5 Å². The second kappa shape index (κ2) is 14.4. The van der Waals surface area contributed by atoms with Crippen LogP contribution < -0.4 is 0 Å². The zero-order chi connectivity index (χ0) is 28.3. The van der Waals surface area contributed by atoms with E-state index in [-0.39, 0.29) is 17.3 Å². The number of ketones is 2. The van der Waals surface area contributed by atoms with Crippen molar-refractivity contribution in [3.05, 3.63) is 125 Å². The molecule has 0 heterocycles. The van der Waals surface area contributed by atoms with Crippen LogP contribution in [0.3, 0.4) is 0 Å². The number of hydrogen-bond acceptors (Lipinski definition) is 7. The van der Waals surface area contributed by atoms with E-state index < -0.39 is 5.97 Å². The van der Waals surface area contributed by atoms with Gasteiger partial charge in [0.05, 0.1) is 0 Å². The Hall–Kier alpha value is -3.94. The summed E-state index contributed by atoms with van der Waals surface area (Å²) in [6.45, 7) is 3.37. The molecule has 4 rings (SSSR count). The van der Waals surface area contributed by atoms with E-state index in [1.807, 2.05) is 54.6 Å². The summed E-state index contributed by atoms with van der Waals surface area (Å²) in [5.74, 6) is -0.243. The molecule has 0 aliphatic heterocycles. The Kier molecular flexibility index (Phi) is 10.5. The number of thioether (sulfide) groups is 1. The quantitative estimate of drug-likeness (QED) is 0.0569. The normalized spacial score (nSPS) is 11.2. The molecule has 0 atom stereocenters. The minimum absolute atomic E-state index is 0.0148. The molecule has 5 nitrogen and oxygen atoms in total. The van der Waals surface area contributed by atoms with Crippen molar-refractivity contribution in [2.24, 2.45) is 5.16 Å². The van der Waals surface area contributed by atoms with Crippen molar-refractivity contribution < 1.29 is 19.2 Å². The van der Waals surface area contributed by atoms with Gasteiger partial charge in [-0.05, 0) is 72.6 Å². The first kappa shape index (κ1) is 29.1. The molecule has 0 spiro atoms. The third-order valence-electron chi connectivity index (χ3n) is 5.99. The molecule has 7 heteroatoms. The van der Waals surface area contributed by atoms with E-state index in [0.29, 0.717) is 28.9 Å². The predicted molar refractivity (Wildman–Crippen MR) is 162 cm³/mol. The third-order valence-corrected chi connectivity index (χ3v) is 8.02. The van der Waals surface area contributed by atoms with Crippen LogP contribution in [0.4, 0.5) is 0 Å². The van der Waals surface area contributed by atoms with Gasteiger partial charge in [0.1, 0.15) is 5.71 Å². The Bertz CT molecular complexity index is 1480. The van der Waals surface area contributed by atoms with Gasteiger partial charge in [-0.2, -0.15) is 0 Å². The minimum Gasteiger partial charge on any atom is -0.318 e. The first-order chi connectivity index (χ1) is 19.4. The first-order valence-corrected chi connectivity index (χ1v) is 14.7. The Morgan fingerprint density at radius 2 is 1.25 bits per heavy atom. The van der Waals surface area contributed by atoms with Gasteiger partial charge in [0.2, 0.25) is 5.78 Å². The van der Waals surface area contributed by atoms with Crippen LogP contribution in [-0.2, 0) is 16.1 Å². The molecule has 0 radical (unpaired) electrons.